The van der Waals surface area contributed by atoms with Crippen molar-refractivity contribution in [1.82, 2.24) is 24.3 Å². The highest BCUT2D eigenvalue weighted by Gasteiger charge is 2.29. The number of anilines is 1. The molecule has 2 amide bonds. The molecule has 2 atom stereocenters. The van der Waals surface area contributed by atoms with Gasteiger partial charge in [-0.2, -0.15) is 0 Å². The Kier molecular flexibility index (Phi) is 5.61. The van der Waals surface area contributed by atoms with Crippen LogP contribution in [0.5, 0.6) is 0 Å². The number of hydrogen-bond donors (Lipinski definition) is 2. The van der Waals surface area contributed by atoms with Crippen LogP contribution in [-0.2, 0) is 6.54 Å². The number of amides is 2. The van der Waals surface area contributed by atoms with Gasteiger partial charge in [0.1, 0.15) is 5.69 Å². The minimum atomic E-state index is -0.220. The van der Waals surface area contributed by atoms with E-state index in [9.17, 15) is 9.59 Å². The van der Waals surface area contributed by atoms with Gasteiger partial charge < -0.3 is 19.4 Å². The third-order valence-electron chi connectivity index (χ3n) is 6.69. The largest absolute Gasteiger partial charge is 0.346 e. The number of nitrogens with zero attached hydrogens (tertiary/aromatic N) is 4. The van der Waals surface area contributed by atoms with Crippen molar-refractivity contribution in [2.45, 2.75) is 38.9 Å². The molecule has 1 aliphatic heterocycles. The molecule has 0 spiro atoms. The first-order chi connectivity index (χ1) is 16.3. The Balaban J connectivity index is 1.48. The van der Waals surface area contributed by atoms with Crippen LogP contribution in [-0.4, -0.2) is 57.5 Å². The summed E-state index contributed by atoms with van der Waals surface area (Å²) in [5.41, 5.74) is 3.90. The monoisotopic (exact) mass is 458 g/mol. The van der Waals surface area contributed by atoms with E-state index in [0.29, 0.717) is 17.2 Å². The van der Waals surface area contributed by atoms with Crippen molar-refractivity contribution in [3.63, 3.8) is 0 Å². The lowest BCUT2D eigenvalue weighted by Gasteiger charge is -2.30. The minimum absolute atomic E-state index is 0.00940. The lowest BCUT2D eigenvalue weighted by atomic mass is 10.1. The molecule has 3 heterocycles. The predicted molar refractivity (Wildman–Crippen MR) is 134 cm³/mol. The molecule has 34 heavy (non-hydrogen) atoms. The van der Waals surface area contributed by atoms with E-state index in [0.717, 1.165) is 41.4 Å². The fourth-order valence-electron chi connectivity index (χ4n) is 4.72. The van der Waals surface area contributed by atoms with Crippen molar-refractivity contribution in [3.05, 3.63) is 59.8 Å². The number of imidazole rings is 1. The van der Waals surface area contributed by atoms with Crippen LogP contribution >= 0.6 is 0 Å². The average molecular weight is 459 g/mol. The van der Waals surface area contributed by atoms with Gasteiger partial charge in [0, 0.05) is 29.1 Å². The van der Waals surface area contributed by atoms with E-state index in [4.69, 9.17) is 0 Å². The van der Waals surface area contributed by atoms with Crippen molar-refractivity contribution < 1.29 is 9.59 Å². The highest BCUT2D eigenvalue weighted by molar-refractivity contribution is 6.07. The van der Waals surface area contributed by atoms with E-state index in [1.54, 1.807) is 6.07 Å². The van der Waals surface area contributed by atoms with E-state index < -0.39 is 0 Å². The zero-order valence-electron chi connectivity index (χ0n) is 20.0. The summed E-state index contributed by atoms with van der Waals surface area (Å²) in [5.74, 6) is 0.241. The van der Waals surface area contributed by atoms with Crippen LogP contribution in [0.1, 0.15) is 47.2 Å². The summed E-state index contributed by atoms with van der Waals surface area (Å²) in [6.45, 7) is 5.77. The molecule has 0 bridgehead atoms. The number of nitrogens with one attached hydrogen (secondary N) is 2. The molecule has 0 aliphatic carbocycles. The highest BCUT2D eigenvalue weighted by atomic mass is 16.2. The second-order valence-corrected chi connectivity index (χ2v) is 9.36. The van der Waals surface area contributed by atoms with Crippen LogP contribution in [0.15, 0.2) is 48.5 Å². The van der Waals surface area contributed by atoms with Crippen molar-refractivity contribution in [2.24, 2.45) is 0 Å². The summed E-state index contributed by atoms with van der Waals surface area (Å²) in [5, 5.41) is 6.98. The van der Waals surface area contributed by atoms with Crippen LogP contribution in [0.4, 0.5) is 5.95 Å². The van der Waals surface area contributed by atoms with E-state index in [1.165, 1.54) is 0 Å². The topological polar surface area (TPSA) is 84.2 Å². The number of aromatic nitrogens is 3. The molecule has 2 aromatic carbocycles. The van der Waals surface area contributed by atoms with Crippen LogP contribution < -0.4 is 10.6 Å². The Morgan fingerprint density at radius 3 is 2.71 bits per heavy atom. The standard InChI is InChI=1S/C26H30N6O2/c1-16-17(2)32-22-15-19(11-10-18(22)14-23(32)25(34)27-16)24(33)29-26-28-20-8-5-6-9-21(20)31(26)13-7-12-30(3)4/h5-6,8-11,14-17H,7,12-13H2,1-4H3,(H,27,34)(H,28,29,33). The first-order valence-corrected chi connectivity index (χ1v) is 11.7. The fourth-order valence-corrected chi connectivity index (χ4v) is 4.72. The van der Waals surface area contributed by atoms with Gasteiger partial charge >= 0.3 is 0 Å². The van der Waals surface area contributed by atoms with Crippen LogP contribution in [0.2, 0.25) is 0 Å². The normalized spacial score (nSPS) is 17.9. The predicted octanol–water partition coefficient (Wildman–Crippen LogP) is 3.89. The Labute approximate surface area is 198 Å². The van der Waals surface area contributed by atoms with E-state index in [2.05, 4.69) is 46.1 Å². The van der Waals surface area contributed by atoms with Gasteiger partial charge in [0.05, 0.1) is 17.1 Å². The number of rotatable bonds is 6. The molecule has 0 saturated carbocycles. The van der Waals surface area contributed by atoms with Gasteiger partial charge in [-0.3, -0.25) is 14.9 Å². The maximum atomic E-state index is 13.3. The molecule has 0 fully saturated rings. The molecule has 0 saturated heterocycles. The summed E-state index contributed by atoms with van der Waals surface area (Å²) in [6, 6.07) is 15.5. The number of fused-ring (bicyclic) bond motifs is 4. The minimum Gasteiger partial charge on any atom is -0.346 e. The average Bonchev–Trinajstić information content (AvgIpc) is 3.36. The smallest absolute Gasteiger partial charge is 0.268 e. The molecule has 2 N–H and O–H groups in total. The van der Waals surface area contributed by atoms with Gasteiger partial charge in [-0.25, -0.2) is 4.98 Å². The lowest BCUT2D eigenvalue weighted by molar-refractivity contribution is 0.0891. The van der Waals surface area contributed by atoms with Crippen molar-refractivity contribution in [3.8, 4) is 0 Å². The number of aryl methyl sites for hydroxylation is 1. The van der Waals surface area contributed by atoms with Crippen molar-refractivity contribution >= 4 is 39.7 Å². The van der Waals surface area contributed by atoms with Crippen LogP contribution in [0.25, 0.3) is 21.9 Å². The van der Waals surface area contributed by atoms with E-state index in [-0.39, 0.29) is 23.9 Å². The number of para-hydroxylation sites is 2. The molecular formula is C26H30N6O2. The van der Waals surface area contributed by atoms with Crippen molar-refractivity contribution in [2.75, 3.05) is 26.0 Å². The zero-order valence-corrected chi connectivity index (χ0v) is 20.0. The van der Waals surface area contributed by atoms with Gasteiger partial charge in [0.2, 0.25) is 5.95 Å². The Hall–Kier alpha value is -3.65. The fraction of sp³-hybridized carbons (Fsp3) is 0.346. The summed E-state index contributed by atoms with van der Waals surface area (Å²) in [4.78, 5) is 32.6. The number of carbonyl (C=O) groups excluding carboxylic acids is 2. The summed E-state index contributed by atoms with van der Waals surface area (Å²) < 4.78 is 4.11. The van der Waals surface area contributed by atoms with Crippen LogP contribution in [0.3, 0.4) is 0 Å². The summed E-state index contributed by atoms with van der Waals surface area (Å²) in [7, 11) is 4.10. The Morgan fingerprint density at radius 1 is 1.12 bits per heavy atom. The maximum absolute atomic E-state index is 13.3. The van der Waals surface area contributed by atoms with Crippen molar-refractivity contribution in [1.29, 1.82) is 0 Å². The molecule has 176 valence electrons. The molecule has 2 unspecified atom stereocenters. The first kappa shape index (κ1) is 22.2. The molecule has 8 nitrogen and oxygen atoms in total. The second kappa shape index (κ2) is 8.61. The summed E-state index contributed by atoms with van der Waals surface area (Å²) in [6.07, 6.45) is 0.941. The van der Waals surface area contributed by atoms with Gasteiger partial charge in [0.25, 0.3) is 11.8 Å². The maximum Gasteiger partial charge on any atom is 0.268 e. The van der Waals surface area contributed by atoms with Crippen LogP contribution in [0, 0.1) is 0 Å². The Bertz CT molecular complexity index is 1400. The second-order valence-electron chi connectivity index (χ2n) is 9.36. The summed E-state index contributed by atoms with van der Waals surface area (Å²) >= 11 is 0. The van der Waals surface area contributed by atoms with Gasteiger partial charge in [-0.05, 0) is 71.2 Å². The molecule has 1 aliphatic rings. The number of benzene rings is 2. The molecule has 2 aromatic heterocycles. The van der Waals surface area contributed by atoms with E-state index >= 15 is 0 Å². The van der Waals surface area contributed by atoms with Gasteiger partial charge in [0.15, 0.2) is 0 Å². The zero-order chi connectivity index (χ0) is 24.0. The molecular weight excluding hydrogens is 428 g/mol. The van der Waals surface area contributed by atoms with E-state index in [1.807, 2.05) is 54.0 Å². The lowest BCUT2D eigenvalue weighted by Crippen LogP contribution is -2.44. The quantitative estimate of drug-likeness (QED) is 0.459. The molecule has 5 rings (SSSR count). The third-order valence-corrected chi connectivity index (χ3v) is 6.69. The van der Waals surface area contributed by atoms with Gasteiger partial charge in [-0.15, -0.1) is 0 Å². The molecule has 0 radical (unpaired) electrons. The molecule has 4 aromatic rings. The first-order valence-electron chi connectivity index (χ1n) is 11.7. The molecule has 8 heteroatoms. The highest BCUT2D eigenvalue weighted by Crippen LogP contribution is 2.30. The number of carbonyl (C=O) groups is 2. The SMILES string of the molecule is CC1NC(=O)c2cc3ccc(C(=O)Nc4nc5ccccc5n4CCCN(C)C)cc3n2C1C. The van der Waals surface area contributed by atoms with Gasteiger partial charge in [-0.1, -0.05) is 18.2 Å². The number of hydrogen-bond acceptors (Lipinski definition) is 4. The Morgan fingerprint density at radius 2 is 1.91 bits per heavy atom. The third kappa shape index (κ3) is 3.84.